The summed E-state index contributed by atoms with van der Waals surface area (Å²) in [5.74, 6) is -3.53. The molecule has 186 valence electrons. The number of aromatic nitrogens is 1. The van der Waals surface area contributed by atoms with E-state index in [9.17, 15) is 29.1 Å². The average molecular weight is 501 g/mol. The lowest BCUT2D eigenvalue weighted by molar-refractivity contribution is -0.142. The first-order valence-electron chi connectivity index (χ1n) is 11.6. The highest BCUT2D eigenvalue weighted by molar-refractivity contribution is 6.02. The van der Waals surface area contributed by atoms with Crippen molar-refractivity contribution in [3.63, 3.8) is 0 Å². The van der Waals surface area contributed by atoms with Crippen molar-refractivity contribution >= 4 is 22.6 Å². The van der Waals surface area contributed by atoms with Crippen LogP contribution in [-0.2, 0) is 4.79 Å². The SMILES string of the molecule is N#Cc1cccc(-c2ccc3ncc(-c4cc(F)cc(F)c4)c(N4CC[C@@H](N)[C@H](C(=O)O)C4)c3c2)c1O. The molecule has 0 saturated carbocycles. The highest BCUT2D eigenvalue weighted by atomic mass is 19.1. The number of rotatable bonds is 4. The number of aromatic hydroxyl groups is 1. The number of nitrogens with two attached hydrogens (primary N) is 1. The van der Waals surface area contributed by atoms with Crippen molar-refractivity contribution in [3.05, 3.63) is 78.0 Å². The summed E-state index contributed by atoms with van der Waals surface area (Å²) in [5.41, 5.74) is 9.04. The normalized spacial score (nSPS) is 17.5. The number of carboxylic acids is 1. The van der Waals surface area contributed by atoms with Crippen LogP contribution in [0.15, 0.2) is 60.8 Å². The Kier molecular flexibility index (Phi) is 6.19. The quantitative estimate of drug-likeness (QED) is 0.372. The molecule has 2 heterocycles. The number of benzene rings is 3. The van der Waals surface area contributed by atoms with Gasteiger partial charge in [0, 0.05) is 47.9 Å². The van der Waals surface area contributed by atoms with Crippen LogP contribution in [0.25, 0.3) is 33.2 Å². The van der Waals surface area contributed by atoms with Crippen LogP contribution in [0.5, 0.6) is 5.75 Å². The zero-order valence-electron chi connectivity index (χ0n) is 19.5. The van der Waals surface area contributed by atoms with Crippen LogP contribution in [-0.4, -0.2) is 40.3 Å². The first kappa shape index (κ1) is 24.2. The van der Waals surface area contributed by atoms with Gasteiger partial charge in [-0.25, -0.2) is 8.78 Å². The smallest absolute Gasteiger partial charge is 0.309 e. The molecule has 7 nitrogen and oxygen atoms in total. The van der Waals surface area contributed by atoms with E-state index in [0.717, 1.165) is 6.07 Å². The summed E-state index contributed by atoms with van der Waals surface area (Å²) < 4.78 is 28.4. The molecule has 37 heavy (non-hydrogen) atoms. The highest BCUT2D eigenvalue weighted by Crippen LogP contribution is 2.41. The maximum Gasteiger partial charge on any atom is 0.309 e. The van der Waals surface area contributed by atoms with Crippen molar-refractivity contribution in [1.82, 2.24) is 4.98 Å². The number of hydrogen-bond donors (Lipinski definition) is 3. The third-order valence-corrected chi connectivity index (χ3v) is 6.78. The van der Waals surface area contributed by atoms with Crippen LogP contribution in [0.4, 0.5) is 14.5 Å². The van der Waals surface area contributed by atoms with E-state index < -0.39 is 29.6 Å². The minimum atomic E-state index is -1.02. The van der Waals surface area contributed by atoms with Crippen molar-refractivity contribution in [2.75, 3.05) is 18.0 Å². The number of hydrogen-bond acceptors (Lipinski definition) is 6. The van der Waals surface area contributed by atoms with E-state index in [1.54, 1.807) is 30.3 Å². The number of piperidine rings is 1. The summed E-state index contributed by atoms with van der Waals surface area (Å²) in [6.07, 6.45) is 1.92. The summed E-state index contributed by atoms with van der Waals surface area (Å²) in [6.45, 7) is 0.522. The number of phenols is 1. The number of pyridine rings is 1. The fourth-order valence-electron chi connectivity index (χ4n) is 4.91. The Labute approximate surface area is 211 Å². The molecule has 1 aliphatic heterocycles. The fraction of sp³-hybridized carbons (Fsp3) is 0.179. The largest absolute Gasteiger partial charge is 0.506 e. The molecule has 1 fully saturated rings. The van der Waals surface area contributed by atoms with Crippen molar-refractivity contribution in [2.45, 2.75) is 12.5 Å². The Morgan fingerprint density at radius 1 is 1.08 bits per heavy atom. The molecule has 1 aliphatic rings. The molecule has 4 aromatic rings. The van der Waals surface area contributed by atoms with Gasteiger partial charge in [-0.15, -0.1) is 0 Å². The van der Waals surface area contributed by atoms with Crippen LogP contribution >= 0.6 is 0 Å². The number of carbonyl (C=O) groups is 1. The van der Waals surface area contributed by atoms with Crippen molar-refractivity contribution in [3.8, 4) is 34.1 Å². The first-order valence-corrected chi connectivity index (χ1v) is 11.6. The molecular weight excluding hydrogens is 478 g/mol. The van der Waals surface area contributed by atoms with Crippen LogP contribution < -0.4 is 10.6 Å². The lowest BCUT2D eigenvalue weighted by Gasteiger charge is -2.37. The van der Waals surface area contributed by atoms with Gasteiger partial charge in [0.1, 0.15) is 23.5 Å². The number of fused-ring (bicyclic) bond motifs is 1. The number of aliphatic carboxylic acids is 1. The van der Waals surface area contributed by atoms with Gasteiger partial charge in [-0.3, -0.25) is 9.78 Å². The Morgan fingerprint density at radius 3 is 2.54 bits per heavy atom. The number of para-hydroxylation sites is 1. The average Bonchev–Trinajstić information content (AvgIpc) is 2.87. The van der Waals surface area contributed by atoms with Crippen molar-refractivity contribution in [2.24, 2.45) is 11.7 Å². The molecule has 1 saturated heterocycles. The van der Waals surface area contributed by atoms with Gasteiger partial charge in [0.2, 0.25) is 0 Å². The van der Waals surface area contributed by atoms with Crippen LogP contribution in [0.2, 0.25) is 0 Å². The van der Waals surface area contributed by atoms with E-state index in [1.165, 1.54) is 24.4 Å². The van der Waals surface area contributed by atoms with Crippen LogP contribution in [0, 0.1) is 28.9 Å². The summed E-state index contributed by atoms with van der Waals surface area (Å²) >= 11 is 0. The molecule has 0 radical (unpaired) electrons. The maximum absolute atomic E-state index is 14.2. The van der Waals surface area contributed by atoms with Gasteiger partial charge >= 0.3 is 5.97 Å². The van der Waals surface area contributed by atoms with E-state index >= 15 is 0 Å². The number of nitrogens with zero attached hydrogens (tertiary/aromatic N) is 3. The predicted octanol–water partition coefficient (Wildman–Crippen LogP) is 4.66. The monoisotopic (exact) mass is 500 g/mol. The minimum absolute atomic E-state index is 0.0970. The molecular formula is C28H22F2N4O3. The fourth-order valence-corrected chi connectivity index (χ4v) is 4.91. The van der Waals surface area contributed by atoms with Crippen LogP contribution in [0.1, 0.15) is 12.0 Å². The lowest BCUT2D eigenvalue weighted by Crippen LogP contribution is -2.50. The Balaban J connectivity index is 1.77. The second kappa shape index (κ2) is 9.48. The van der Waals surface area contributed by atoms with E-state index in [2.05, 4.69) is 4.98 Å². The van der Waals surface area contributed by atoms with Gasteiger partial charge < -0.3 is 20.8 Å². The lowest BCUT2D eigenvalue weighted by atomic mass is 9.90. The number of anilines is 1. The van der Waals surface area contributed by atoms with Gasteiger partial charge in [0.15, 0.2) is 0 Å². The van der Waals surface area contributed by atoms with E-state index in [1.807, 2.05) is 11.0 Å². The predicted molar refractivity (Wildman–Crippen MR) is 135 cm³/mol. The highest BCUT2D eigenvalue weighted by Gasteiger charge is 2.34. The summed E-state index contributed by atoms with van der Waals surface area (Å²) in [4.78, 5) is 18.3. The molecule has 5 rings (SSSR count). The molecule has 1 aromatic heterocycles. The summed E-state index contributed by atoms with van der Waals surface area (Å²) in [7, 11) is 0. The van der Waals surface area contributed by atoms with E-state index in [-0.39, 0.29) is 23.4 Å². The van der Waals surface area contributed by atoms with Gasteiger partial charge in [0.05, 0.1) is 22.7 Å². The van der Waals surface area contributed by atoms with E-state index in [0.29, 0.717) is 46.2 Å². The van der Waals surface area contributed by atoms with E-state index in [4.69, 9.17) is 5.73 Å². The zero-order chi connectivity index (χ0) is 26.3. The molecule has 3 aromatic carbocycles. The van der Waals surface area contributed by atoms with Gasteiger partial charge in [0.25, 0.3) is 0 Å². The molecule has 4 N–H and O–H groups in total. The Hall–Kier alpha value is -4.55. The van der Waals surface area contributed by atoms with Gasteiger partial charge in [-0.2, -0.15) is 5.26 Å². The standard InChI is InChI=1S/C28H22F2N4O3/c29-18-8-17(9-19(30)11-18)22-13-33-25-5-4-15(20-3-1-2-16(12-31)27(20)35)10-21(25)26(22)34-7-6-24(32)23(14-34)28(36)37/h1-5,8-11,13,23-24,35H,6-7,14,32H2,(H,36,37)/t23-,24-/m1/s1. The van der Waals surface area contributed by atoms with Crippen molar-refractivity contribution in [1.29, 1.82) is 5.26 Å². The summed E-state index contributed by atoms with van der Waals surface area (Å²) in [5, 5.41) is 30.3. The molecule has 0 bridgehead atoms. The third kappa shape index (κ3) is 4.43. The number of nitriles is 1. The second-order valence-corrected chi connectivity index (χ2v) is 9.07. The topological polar surface area (TPSA) is 123 Å². The number of halogens is 2. The molecule has 9 heteroatoms. The van der Waals surface area contributed by atoms with Crippen LogP contribution in [0.3, 0.4) is 0 Å². The van der Waals surface area contributed by atoms with Gasteiger partial charge in [-0.1, -0.05) is 18.2 Å². The number of phenolic OH excluding ortho intramolecular Hbond substituents is 1. The summed E-state index contributed by atoms with van der Waals surface area (Å²) in [6, 6.07) is 14.7. The minimum Gasteiger partial charge on any atom is -0.506 e. The molecule has 0 spiro atoms. The van der Waals surface area contributed by atoms with Crippen molar-refractivity contribution < 1.29 is 23.8 Å². The Morgan fingerprint density at radius 2 is 1.84 bits per heavy atom. The first-order chi connectivity index (χ1) is 17.8. The molecule has 0 unspecified atom stereocenters. The second-order valence-electron chi connectivity index (χ2n) is 9.07. The zero-order valence-corrected chi connectivity index (χ0v) is 19.5. The molecule has 0 aliphatic carbocycles. The van der Waals surface area contributed by atoms with Gasteiger partial charge in [-0.05, 0) is 47.9 Å². The Bertz CT molecular complexity index is 1560. The molecule has 2 atom stereocenters. The molecule has 0 amide bonds. The third-order valence-electron chi connectivity index (χ3n) is 6.78. The maximum atomic E-state index is 14.2. The number of carboxylic acid groups (broad SMARTS) is 1.